The van der Waals surface area contributed by atoms with Crippen molar-refractivity contribution in [3.63, 3.8) is 0 Å². The molecule has 0 saturated heterocycles. The zero-order valence-electron chi connectivity index (χ0n) is 18.3. The van der Waals surface area contributed by atoms with Gasteiger partial charge in [0.2, 0.25) is 0 Å². The molecule has 0 fully saturated rings. The standard InChI is InChI=1S/C24H22Cl2N4O4/c1-2-27-22(31)17-4-3-5-18(12-17)28-14-21-19(25)13-20(26)24(33)30(21)11-10-15-6-8-16(9-7-15)23(32)29-34/h3-9,12-13,28H,2,10-11,14H2,1H3,(H,27,31). The third-order valence-electron chi connectivity index (χ3n) is 5.13. The molecule has 34 heavy (non-hydrogen) atoms. The number of nitrogens with zero attached hydrogens (tertiary/aromatic N) is 2. The number of benzene rings is 2. The maximum atomic E-state index is 12.8. The first-order chi connectivity index (χ1) is 16.3. The molecule has 2 amide bonds. The summed E-state index contributed by atoms with van der Waals surface area (Å²) in [6.45, 7) is 2.88. The van der Waals surface area contributed by atoms with E-state index in [0.29, 0.717) is 34.9 Å². The van der Waals surface area contributed by atoms with Crippen molar-refractivity contribution in [1.82, 2.24) is 9.88 Å². The van der Waals surface area contributed by atoms with Gasteiger partial charge in [-0.05, 0) is 55.3 Å². The average Bonchev–Trinajstić information content (AvgIpc) is 2.85. The first-order valence-corrected chi connectivity index (χ1v) is 11.3. The predicted octanol–water partition coefficient (Wildman–Crippen LogP) is 4.67. The minimum Gasteiger partial charge on any atom is -0.379 e. The minimum atomic E-state index is -0.839. The second-order valence-electron chi connectivity index (χ2n) is 7.38. The summed E-state index contributed by atoms with van der Waals surface area (Å²) in [4.78, 5) is 46.6. The Morgan fingerprint density at radius 3 is 2.41 bits per heavy atom. The SMILES string of the molecule is CCNC(=O)c1cccc(NCc2c(Cl)cc(Cl)c(=O)n2CCc2ccc(C(=O)N=O)cc2)c1. The molecule has 0 bridgehead atoms. The summed E-state index contributed by atoms with van der Waals surface area (Å²) >= 11 is 12.5. The number of rotatable bonds is 9. The summed E-state index contributed by atoms with van der Waals surface area (Å²) in [6, 6.07) is 14.8. The van der Waals surface area contributed by atoms with Crippen molar-refractivity contribution in [3.8, 4) is 0 Å². The molecule has 0 aliphatic carbocycles. The molecule has 0 radical (unpaired) electrons. The van der Waals surface area contributed by atoms with E-state index < -0.39 is 5.91 Å². The number of hydrogen-bond acceptors (Lipinski definition) is 5. The van der Waals surface area contributed by atoms with Gasteiger partial charge in [-0.15, -0.1) is 4.91 Å². The van der Waals surface area contributed by atoms with Crippen molar-refractivity contribution in [1.29, 1.82) is 0 Å². The van der Waals surface area contributed by atoms with E-state index in [2.05, 4.69) is 15.8 Å². The smallest absolute Gasteiger partial charge is 0.316 e. The van der Waals surface area contributed by atoms with Crippen molar-refractivity contribution in [3.05, 3.63) is 102 Å². The lowest BCUT2D eigenvalue weighted by molar-refractivity contribution is 0.0954. The van der Waals surface area contributed by atoms with Crippen LogP contribution in [-0.2, 0) is 19.5 Å². The quantitative estimate of drug-likeness (QED) is 0.415. The maximum Gasteiger partial charge on any atom is 0.316 e. The van der Waals surface area contributed by atoms with Gasteiger partial charge in [0.05, 0.1) is 17.3 Å². The molecule has 3 aromatic rings. The van der Waals surface area contributed by atoms with Crippen LogP contribution in [0.2, 0.25) is 10.0 Å². The van der Waals surface area contributed by atoms with E-state index in [1.165, 1.54) is 22.8 Å². The first-order valence-electron chi connectivity index (χ1n) is 10.5. The molecule has 2 N–H and O–H groups in total. The van der Waals surface area contributed by atoms with E-state index in [1.54, 1.807) is 30.3 Å². The molecule has 1 aromatic heterocycles. The predicted molar refractivity (Wildman–Crippen MR) is 133 cm³/mol. The zero-order valence-corrected chi connectivity index (χ0v) is 19.8. The zero-order chi connectivity index (χ0) is 24.7. The number of carbonyl (C=O) groups excluding carboxylic acids is 2. The van der Waals surface area contributed by atoms with Crippen molar-refractivity contribution < 1.29 is 9.59 Å². The molecule has 0 aliphatic rings. The highest BCUT2D eigenvalue weighted by atomic mass is 35.5. The van der Waals surface area contributed by atoms with E-state index in [4.69, 9.17) is 23.2 Å². The Kier molecular flexibility index (Phi) is 8.56. The van der Waals surface area contributed by atoms with Gasteiger partial charge >= 0.3 is 5.91 Å². The van der Waals surface area contributed by atoms with E-state index in [0.717, 1.165) is 5.56 Å². The third-order valence-corrected chi connectivity index (χ3v) is 5.73. The van der Waals surface area contributed by atoms with Crippen molar-refractivity contribution in [2.45, 2.75) is 26.4 Å². The molecular formula is C24H22Cl2N4O4. The normalized spacial score (nSPS) is 10.6. The third kappa shape index (κ3) is 6.09. The monoisotopic (exact) mass is 500 g/mol. The second kappa shape index (κ2) is 11.6. The highest BCUT2D eigenvalue weighted by Crippen LogP contribution is 2.21. The van der Waals surface area contributed by atoms with Crippen LogP contribution >= 0.6 is 23.2 Å². The van der Waals surface area contributed by atoms with Crippen molar-refractivity contribution in [2.24, 2.45) is 5.18 Å². The summed E-state index contributed by atoms with van der Waals surface area (Å²) < 4.78 is 1.50. The maximum absolute atomic E-state index is 12.8. The summed E-state index contributed by atoms with van der Waals surface area (Å²) in [5.41, 5.74) is 2.41. The van der Waals surface area contributed by atoms with Crippen molar-refractivity contribution in [2.75, 3.05) is 11.9 Å². The number of hydrogen-bond donors (Lipinski definition) is 2. The Morgan fingerprint density at radius 1 is 1.00 bits per heavy atom. The first kappa shape index (κ1) is 25.1. The lowest BCUT2D eigenvalue weighted by Gasteiger charge is -2.17. The molecule has 0 aliphatic heterocycles. The Balaban J connectivity index is 1.80. The van der Waals surface area contributed by atoms with Gasteiger partial charge in [-0.1, -0.05) is 41.4 Å². The Hall–Kier alpha value is -3.49. The fourth-order valence-electron chi connectivity index (χ4n) is 3.38. The van der Waals surface area contributed by atoms with E-state index in [9.17, 15) is 19.3 Å². The van der Waals surface area contributed by atoms with Gasteiger partial charge < -0.3 is 15.2 Å². The van der Waals surface area contributed by atoms with Gasteiger partial charge in [-0.3, -0.25) is 14.4 Å². The minimum absolute atomic E-state index is 0.00462. The molecule has 8 nitrogen and oxygen atoms in total. The topological polar surface area (TPSA) is 110 Å². The number of nitrogens with one attached hydrogen (secondary N) is 2. The van der Waals surface area contributed by atoms with Crippen LogP contribution in [-0.4, -0.2) is 22.9 Å². The van der Waals surface area contributed by atoms with Crippen LogP contribution in [0.4, 0.5) is 5.69 Å². The number of halogens is 2. The number of aryl methyl sites for hydroxylation is 1. The van der Waals surface area contributed by atoms with Gasteiger partial charge in [0.1, 0.15) is 5.02 Å². The van der Waals surface area contributed by atoms with Gasteiger partial charge in [-0.2, -0.15) is 0 Å². The molecule has 0 spiro atoms. The van der Waals surface area contributed by atoms with Crippen LogP contribution < -0.4 is 16.2 Å². The van der Waals surface area contributed by atoms with Gasteiger partial charge in [0.15, 0.2) is 0 Å². The number of amides is 2. The number of anilines is 1. The molecule has 0 atom stereocenters. The van der Waals surface area contributed by atoms with Crippen molar-refractivity contribution >= 4 is 40.7 Å². The summed E-state index contributed by atoms with van der Waals surface area (Å²) in [5, 5.41) is 8.69. The van der Waals surface area contributed by atoms with E-state index >= 15 is 0 Å². The molecule has 1 heterocycles. The second-order valence-corrected chi connectivity index (χ2v) is 8.20. The van der Waals surface area contributed by atoms with E-state index in [1.807, 2.05) is 13.0 Å². The number of aromatic nitrogens is 1. The summed E-state index contributed by atoms with van der Waals surface area (Å²) in [5.74, 6) is -1.02. The fourth-order valence-corrected chi connectivity index (χ4v) is 3.92. The molecule has 176 valence electrons. The molecule has 0 unspecified atom stereocenters. The van der Waals surface area contributed by atoms with Crippen LogP contribution in [0.3, 0.4) is 0 Å². The highest BCUT2D eigenvalue weighted by Gasteiger charge is 2.14. The van der Waals surface area contributed by atoms with Gasteiger partial charge in [0, 0.05) is 35.1 Å². The number of nitroso groups, excluding NO2 is 1. The van der Waals surface area contributed by atoms with Gasteiger partial charge in [0.25, 0.3) is 11.5 Å². The van der Waals surface area contributed by atoms with Gasteiger partial charge in [-0.25, -0.2) is 0 Å². The number of carbonyl (C=O) groups is 2. The van der Waals surface area contributed by atoms with Crippen LogP contribution in [0.5, 0.6) is 0 Å². The van der Waals surface area contributed by atoms with Crippen LogP contribution in [0.25, 0.3) is 0 Å². The van der Waals surface area contributed by atoms with Crippen LogP contribution in [0.15, 0.2) is 64.6 Å². The summed E-state index contributed by atoms with van der Waals surface area (Å²) in [6.07, 6.45) is 0.458. The van der Waals surface area contributed by atoms with Crippen LogP contribution in [0, 0.1) is 4.91 Å². The Bertz CT molecular complexity index is 1270. The highest BCUT2D eigenvalue weighted by molar-refractivity contribution is 6.34. The number of pyridine rings is 1. The fraction of sp³-hybridized carbons (Fsp3) is 0.208. The Labute approximate surface area is 205 Å². The molecule has 2 aromatic carbocycles. The average molecular weight is 501 g/mol. The Morgan fingerprint density at radius 2 is 1.74 bits per heavy atom. The van der Waals surface area contributed by atoms with E-state index in [-0.39, 0.29) is 35.1 Å². The molecule has 0 saturated carbocycles. The molecule has 10 heteroatoms. The summed E-state index contributed by atoms with van der Waals surface area (Å²) in [7, 11) is 0. The lowest BCUT2D eigenvalue weighted by atomic mass is 10.1. The molecular weight excluding hydrogens is 479 g/mol. The molecule has 3 rings (SSSR count). The lowest BCUT2D eigenvalue weighted by Crippen LogP contribution is -2.26. The van der Waals surface area contributed by atoms with Crippen LogP contribution in [0.1, 0.15) is 38.9 Å². The largest absolute Gasteiger partial charge is 0.379 e.